The molecule has 0 bridgehead atoms. The van der Waals surface area contributed by atoms with Crippen LogP contribution in [-0.4, -0.2) is 16.1 Å². The van der Waals surface area contributed by atoms with E-state index in [0.29, 0.717) is 0 Å². The van der Waals surface area contributed by atoms with Gasteiger partial charge in [0, 0.05) is 0 Å². The van der Waals surface area contributed by atoms with Gasteiger partial charge in [-0.15, -0.1) is 11.6 Å². The lowest BCUT2D eigenvalue weighted by Crippen LogP contribution is -2.26. The molecule has 1 N–H and O–H groups in total. The van der Waals surface area contributed by atoms with Crippen LogP contribution in [0.15, 0.2) is 12.2 Å². The van der Waals surface area contributed by atoms with E-state index in [1.165, 1.54) is 0 Å². The van der Waals surface area contributed by atoms with Gasteiger partial charge in [-0.3, -0.25) is 0 Å². The predicted octanol–water partition coefficient (Wildman–Crippen LogP) is 1.30. The molecule has 0 aromatic rings. The lowest BCUT2D eigenvalue weighted by Gasteiger charge is -2.18. The smallest absolute Gasteiger partial charge is 0.0912 e. The summed E-state index contributed by atoms with van der Waals surface area (Å²) in [5.41, 5.74) is 0. The second kappa shape index (κ2) is 1.74. The zero-order valence-electron chi connectivity index (χ0n) is 4.76. The maximum absolute atomic E-state index is 9.04. The van der Waals surface area contributed by atoms with Crippen molar-refractivity contribution in [2.24, 2.45) is 0 Å². The van der Waals surface area contributed by atoms with E-state index in [0.717, 1.165) is 6.42 Å². The maximum atomic E-state index is 9.04. The van der Waals surface area contributed by atoms with Gasteiger partial charge >= 0.3 is 0 Å². The van der Waals surface area contributed by atoms with Crippen LogP contribution in [0.5, 0.6) is 0 Å². The fourth-order valence-corrected chi connectivity index (χ4v) is 0.911. The SMILES string of the molecule is C[C@]1(Cl)CC=C[C@@H]1O. The molecule has 46 valence electrons. The molecular weight excluding hydrogens is 124 g/mol. The quantitative estimate of drug-likeness (QED) is 0.389. The van der Waals surface area contributed by atoms with E-state index in [1.54, 1.807) is 6.08 Å². The van der Waals surface area contributed by atoms with Crippen LogP contribution in [0.2, 0.25) is 0 Å². The Morgan fingerprint density at radius 1 is 1.88 bits per heavy atom. The van der Waals surface area contributed by atoms with E-state index in [4.69, 9.17) is 16.7 Å². The number of hydrogen-bond acceptors (Lipinski definition) is 1. The van der Waals surface area contributed by atoms with Crippen LogP contribution in [0.3, 0.4) is 0 Å². The summed E-state index contributed by atoms with van der Waals surface area (Å²) in [5.74, 6) is 0. The van der Waals surface area contributed by atoms with Gasteiger partial charge in [-0.25, -0.2) is 0 Å². The van der Waals surface area contributed by atoms with E-state index in [2.05, 4.69) is 0 Å². The summed E-state index contributed by atoms with van der Waals surface area (Å²) in [6, 6.07) is 0. The van der Waals surface area contributed by atoms with Gasteiger partial charge in [-0.2, -0.15) is 0 Å². The normalized spacial score (nSPS) is 45.6. The fourth-order valence-electron chi connectivity index (χ4n) is 0.749. The Morgan fingerprint density at radius 3 is 2.62 bits per heavy atom. The molecule has 0 amide bonds. The summed E-state index contributed by atoms with van der Waals surface area (Å²) < 4.78 is 0. The van der Waals surface area contributed by atoms with E-state index < -0.39 is 11.0 Å². The van der Waals surface area contributed by atoms with E-state index in [1.807, 2.05) is 13.0 Å². The minimum Gasteiger partial charge on any atom is -0.387 e. The molecule has 1 aliphatic rings. The average molecular weight is 133 g/mol. The van der Waals surface area contributed by atoms with Crippen molar-refractivity contribution in [2.45, 2.75) is 24.3 Å². The summed E-state index contributed by atoms with van der Waals surface area (Å²) in [6.07, 6.45) is 3.95. The number of aliphatic hydroxyl groups excluding tert-OH is 1. The number of rotatable bonds is 0. The third-order valence-corrected chi connectivity index (χ3v) is 1.83. The molecule has 0 fully saturated rings. The summed E-state index contributed by atoms with van der Waals surface area (Å²) in [4.78, 5) is -0.431. The van der Waals surface area contributed by atoms with Crippen LogP contribution >= 0.6 is 11.6 Å². The van der Waals surface area contributed by atoms with Crippen molar-refractivity contribution in [1.29, 1.82) is 0 Å². The Bertz CT molecular complexity index is 118. The Labute approximate surface area is 54.0 Å². The lowest BCUT2D eigenvalue weighted by atomic mass is 10.1. The molecule has 1 aliphatic carbocycles. The molecule has 0 saturated heterocycles. The molecule has 2 atom stereocenters. The molecule has 0 aromatic heterocycles. The molecule has 1 nitrogen and oxygen atoms in total. The van der Waals surface area contributed by atoms with Crippen molar-refractivity contribution in [1.82, 2.24) is 0 Å². The van der Waals surface area contributed by atoms with Crippen LogP contribution < -0.4 is 0 Å². The number of hydrogen-bond donors (Lipinski definition) is 1. The molecule has 8 heavy (non-hydrogen) atoms. The monoisotopic (exact) mass is 132 g/mol. The van der Waals surface area contributed by atoms with Crippen LogP contribution in [0.1, 0.15) is 13.3 Å². The molecule has 0 aliphatic heterocycles. The molecular formula is C6H9ClO. The zero-order valence-corrected chi connectivity index (χ0v) is 5.52. The molecule has 0 heterocycles. The highest BCUT2D eigenvalue weighted by Gasteiger charge is 2.30. The Morgan fingerprint density at radius 2 is 2.50 bits per heavy atom. The highest BCUT2D eigenvalue weighted by Crippen LogP contribution is 2.29. The van der Waals surface area contributed by atoms with Crippen molar-refractivity contribution >= 4 is 11.6 Å². The second-order valence-corrected chi connectivity index (χ2v) is 3.22. The third kappa shape index (κ3) is 0.884. The summed E-state index contributed by atoms with van der Waals surface area (Å²) in [7, 11) is 0. The van der Waals surface area contributed by atoms with Crippen LogP contribution in [-0.2, 0) is 0 Å². The minimum atomic E-state index is -0.454. The van der Waals surface area contributed by atoms with Gasteiger partial charge in [0.05, 0.1) is 11.0 Å². The van der Waals surface area contributed by atoms with Crippen molar-refractivity contribution in [3.63, 3.8) is 0 Å². The van der Waals surface area contributed by atoms with Crippen LogP contribution in [0, 0.1) is 0 Å². The number of aliphatic hydroxyl groups is 1. The van der Waals surface area contributed by atoms with Gasteiger partial charge in [-0.05, 0) is 13.3 Å². The maximum Gasteiger partial charge on any atom is 0.0912 e. The molecule has 0 aromatic carbocycles. The summed E-state index contributed by atoms with van der Waals surface area (Å²) in [6.45, 7) is 1.83. The largest absolute Gasteiger partial charge is 0.387 e. The van der Waals surface area contributed by atoms with E-state index in [-0.39, 0.29) is 0 Å². The van der Waals surface area contributed by atoms with Gasteiger partial charge in [0.1, 0.15) is 0 Å². The number of allylic oxidation sites excluding steroid dienone is 1. The molecule has 0 radical (unpaired) electrons. The Balaban J connectivity index is 2.64. The Kier molecular flexibility index (Phi) is 1.33. The molecule has 0 spiro atoms. The average Bonchev–Trinajstić information content (AvgIpc) is 1.86. The summed E-state index contributed by atoms with van der Waals surface area (Å²) >= 11 is 5.81. The van der Waals surface area contributed by atoms with Gasteiger partial charge in [0.15, 0.2) is 0 Å². The zero-order chi connectivity index (χ0) is 6.20. The van der Waals surface area contributed by atoms with Crippen LogP contribution in [0.25, 0.3) is 0 Å². The molecule has 1 rings (SSSR count). The van der Waals surface area contributed by atoms with E-state index in [9.17, 15) is 0 Å². The first-order valence-corrected chi connectivity index (χ1v) is 3.04. The van der Waals surface area contributed by atoms with E-state index >= 15 is 0 Å². The second-order valence-electron chi connectivity index (χ2n) is 2.36. The van der Waals surface area contributed by atoms with Gasteiger partial charge in [0.2, 0.25) is 0 Å². The number of alkyl halides is 1. The van der Waals surface area contributed by atoms with Crippen molar-refractivity contribution < 1.29 is 5.11 Å². The van der Waals surface area contributed by atoms with Gasteiger partial charge < -0.3 is 5.11 Å². The molecule has 0 saturated carbocycles. The minimum absolute atomic E-state index is 0.431. The number of halogens is 1. The van der Waals surface area contributed by atoms with Crippen molar-refractivity contribution in [3.8, 4) is 0 Å². The topological polar surface area (TPSA) is 20.2 Å². The van der Waals surface area contributed by atoms with Gasteiger partial charge in [0.25, 0.3) is 0 Å². The standard InChI is InChI=1S/C6H9ClO/c1-6(7)4-2-3-5(6)8/h2-3,5,8H,4H2,1H3/t5-,6-/m0/s1. The fraction of sp³-hybridized carbons (Fsp3) is 0.667. The first-order valence-electron chi connectivity index (χ1n) is 2.66. The first kappa shape index (κ1) is 6.12. The molecule has 0 unspecified atom stereocenters. The van der Waals surface area contributed by atoms with Gasteiger partial charge in [-0.1, -0.05) is 12.2 Å². The van der Waals surface area contributed by atoms with Crippen LogP contribution in [0.4, 0.5) is 0 Å². The highest BCUT2D eigenvalue weighted by molar-refractivity contribution is 6.24. The predicted molar refractivity (Wildman–Crippen MR) is 34.0 cm³/mol. The first-order chi connectivity index (χ1) is 3.63. The highest BCUT2D eigenvalue weighted by atomic mass is 35.5. The van der Waals surface area contributed by atoms with Crippen molar-refractivity contribution in [2.75, 3.05) is 0 Å². The third-order valence-electron chi connectivity index (χ3n) is 1.45. The lowest BCUT2D eigenvalue weighted by molar-refractivity contribution is 0.189. The molecule has 2 heteroatoms. The Hall–Kier alpha value is -0.0100. The van der Waals surface area contributed by atoms with Crippen molar-refractivity contribution in [3.05, 3.63) is 12.2 Å². The summed E-state index contributed by atoms with van der Waals surface area (Å²) in [5, 5.41) is 9.04.